The summed E-state index contributed by atoms with van der Waals surface area (Å²) in [5, 5.41) is 2.93. The van der Waals surface area contributed by atoms with Crippen LogP contribution in [0.15, 0.2) is 42.5 Å². The van der Waals surface area contributed by atoms with Gasteiger partial charge in [0.25, 0.3) is 0 Å². The lowest BCUT2D eigenvalue weighted by molar-refractivity contribution is 0.470. The predicted octanol–water partition coefficient (Wildman–Crippen LogP) is 3.48. The van der Waals surface area contributed by atoms with Gasteiger partial charge in [-0.2, -0.15) is 0 Å². The van der Waals surface area contributed by atoms with Gasteiger partial charge in [0.1, 0.15) is 23.1 Å². The van der Waals surface area contributed by atoms with Gasteiger partial charge in [-0.25, -0.2) is 8.78 Å². The fourth-order valence-corrected chi connectivity index (χ4v) is 1.65. The first kappa shape index (κ1) is 12.5. The largest absolute Gasteiger partial charge is 0.457 e. The summed E-state index contributed by atoms with van der Waals surface area (Å²) >= 11 is 0. The zero-order valence-electron chi connectivity index (χ0n) is 9.91. The Morgan fingerprint density at radius 1 is 1.00 bits per heavy atom. The van der Waals surface area contributed by atoms with Crippen molar-refractivity contribution in [2.45, 2.75) is 6.54 Å². The lowest BCUT2D eigenvalue weighted by Gasteiger charge is -2.08. The minimum absolute atomic E-state index is 0.344. The number of benzene rings is 2. The van der Waals surface area contributed by atoms with E-state index in [0.29, 0.717) is 18.0 Å². The van der Waals surface area contributed by atoms with Gasteiger partial charge in [0.15, 0.2) is 0 Å². The van der Waals surface area contributed by atoms with Crippen molar-refractivity contribution in [2.24, 2.45) is 0 Å². The van der Waals surface area contributed by atoms with Crippen molar-refractivity contribution >= 4 is 0 Å². The Morgan fingerprint density at radius 2 is 1.78 bits per heavy atom. The maximum Gasteiger partial charge on any atom is 0.130 e. The summed E-state index contributed by atoms with van der Waals surface area (Å²) in [4.78, 5) is 0. The van der Waals surface area contributed by atoms with E-state index in [-0.39, 0.29) is 11.6 Å². The molecule has 2 nitrogen and oxygen atoms in total. The standard InChI is InChI=1S/C14H13F2NO/c1-17-9-10-5-12(16)8-14(6-10)18-13-4-2-3-11(15)7-13/h2-8,17H,9H2,1H3. The molecule has 0 bridgehead atoms. The molecule has 0 aliphatic heterocycles. The van der Waals surface area contributed by atoms with Crippen LogP contribution in [0, 0.1) is 11.6 Å². The van der Waals surface area contributed by atoms with Crippen LogP contribution in [0.4, 0.5) is 8.78 Å². The minimum atomic E-state index is -0.389. The first-order chi connectivity index (χ1) is 8.67. The van der Waals surface area contributed by atoms with E-state index < -0.39 is 0 Å². The van der Waals surface area contributed by atoms with E-state index in [4.69, 9.17) is 4.74 Å². The van der Waals surface area contributed by atoms with Gasteiger partial charge in [-0.3, -0.25) is 0 Å². The van der Waals surface area contributed by atoms with Crippen LogP contribution in [0.3, 0.4) is 0 Å². The van der Waals surface area contributed by atoms with Gasteiger partial charge in [-0.05, 0) is 36.9 Å². The van der Waals surface area contributed by atoms with Gasteiger partial charge < -0.3 is 10.1 Å². The zero-order chi connectivity index (χ0) is 13.0. The van der Waals surface area contributed by atoms with Crippen molar-refractivity contribution < 1.29 is 13.5 Å². The number of nitrogens with one attached hydrogen (secondary N) is 1. The van der Waals surface area contributed by atoms with Gasteiger partial charge in [0.2, 0.25) is 0 Å². The molecule has 0 saturated heterocycles. The number of ether oxygens (including phenoxy) is 1. The molecule has 2 rings (SSSR count). The molecule has 0 atom stereocenters. The van der Waals surface area contributed by atoms with Crippen LogP contribution in [0.1, 0.15) is 5.56 Å². The van der Waals surface area contributed by atoms with Crippen molar-refractivity contribution in [3.8, 4) is 11.5 Å². The molecular weight excluding hydrogens is 236 g/mol. The Kier molecular flexibility index (Phi) is 3.89. The summed E-state index contributed by atoms with van der Waals surface area (Å²) < 4.78 is 31.8. The molecule has 2 aromatic carbocycles. The number of hydrogen-bond donors (Lipinski definition) is 1. The predicted molar refractivity (Wildman–Crippen MR) is 65.6 cm³/mol. The van der Waals surface area contributed by atoms with E-state index in [1.165, 1.54) is 24.3 Å². The molecule has 94 valence electrons. The topological polar surface area (TPSA) is 21.3 Å². The number of halogens is 2. The Bertz CT molecular complexity index is 543. The van der Waals surface area contributed by atoms with Gasteiger partial charge in [0.05, 0.1) is 0 Å². The van der Waals surface area contributed by atoms with Gasteiger partial charge in [-0.15, -0.1) is 0 Å². The highest BCUT2D eigenvalue weighted by Gasteiger charge is 2.03. The molecule has 2 aromatic rings. The molecule has 0 aliphatic rings. The van der Waals surface area contributed by atoms with Crippen LogP contribution in [-0.2, 0) is 6.54 Å². The monoisotopic (exact) mass is 249 g/mol. The zero-order valence-corrected chi connectivity index (χ0v) is 9.91. The van der Waals surface area contributed by atoms with Crippen molar-refractivity contribution in [1.29, 1.82) is 0 Å². The highest BCUT2D eigenvalue weighted by molar-refractivity contribution is 5.34. The van der Waals surface area contributed by atoms with Crippen molar-refractivity contribution in [3.05, 3.63) is 59.7 Å². The first-order valence-corrected chi connectivity index (χ1v) is 5.55. The summed E-state index contributed by atoms with van der Waals surface area (Å²) in [5.41, 5.74) is 0.768. The minimum Gasteiger partial charge on any atom is -0.457 e. The Balaban J connectivity index is 2.23. The molecule has 0 aliphatic carbocycles. The highest BCUT2D eigenvalue weighted by Crippen LogP contribution is 2.24. The summed E-state index contributed by atoms with van der Waals surface area (Å²) in [6, 6.07) is 10.1. The highest BCUT2D eigenvalue weighted by atomic mass is 19.1. The maximum absolute atomic E-state index is 13.4. The quantitative estimate of drug-likeness (QED) is 0.895. The molecule has 0 aromatic heterocycles. The SMILES string of the molecule is CNCc1cc(F)cc(Oc2cccc(F)c2)c1. The smallest absolute Gasteiger partial charge is 0.130 e. The first-order valence-electron chi connectivity index (χ1n) is 5.55. The van der Waals surface area contributed by atoms with Crippen molar-refractivity contribution in [1.82, 2.24) is 5.32 Å². The molecule has 18 heavy (non-hydrogen) atoms. The second kappa shape index (κ2) is 5.60. The second-order valence-electron chi connectivity index (χ2n) is 3.88. The molecule has 0 fully saturated rings. The third-order valence-corrected chi connectivity index (χ3v) is 2.34. The molecule has 1 N–H and O–H groups in total. The van der Waals surface area contributed by atoms with E-state index in [1.54, 1.807) is 25.2 Å². The molecule has 0 heterocycles. The summed E-state index contributed by atoms with van der Waals surface area (Å²) in [6.45, 7) is 0.539. The summed E-state index contributed by atoms with van der Waals surface area (Å²) in [5.74, 6) is -0.0737. The van der Waals surface area contributed by atoms with Gasteiger partial charge >= 0.3 is 0 Å². The average molecular weight is 249 g/mol. The number of hydrogen-bond acceptors (Lipinski definition) is 2. The normalized spacial score (nSPS) is 10.4. The van der Waals surface area contributed by atoms with Crippen molar-refractivity contribution in [2.75, 3.05) is 7.05 Å². The van der Waals surface area contributed by atoms with E-state index >= 15 is 0 Å². The molecular formula is C14H13F2NO. The summed E-state index contributed by atoms with van der Waals surface area (Å²) in [6.07, 6.45) is 0. The molecule has 4 heteroatoms. The fraction of sp³-hybridized carbons (Fsp3) is 0.143. The fourth-order valence-electron chi connectivity index (χ4n) is 1.65. The summed E-state index contributed by atoms with van der Waals surface area (Å²) in [7, 11) is 1.78. The average Bonchev–Trinajstić information content (AvgIpc) is 2.28. The van der Waals surface area contributed by atoms with Gasteiger partial charge in [-0.1, -0.05) is 6.07 Å². The van der Waals surface area contributed by atoms with E-state index in [2.05, 4.69) is 5.32 Å². The molecule has 0 saturated carbocycles. The molecule has 0 radical (unpaired) electrons. The van der Waals surface area contributed by atoms with Crippen LogP contribution in [-0.4, -0.2) is 7.05 Å². The molecule has 0 unspecified atom stereocenters. The second-order valence-corrected chi connectivity index (χ2v) is 3.88. The molecule has 0 spiro atoms. The Morgan fingerprint density at radius 3 is 2.50 bits per heavy atom. The Labute approximate surface area is 104 Å². The van der Waals surface area contributed by atoms with Crippen LogP contribution in [0.25, 0.3) is 0 Å². The third kappa shape index (κ3) is 3.28. The van der Waals surface area contributed by atoms with E-state index in [9.17, 15) is 8.78 Å². The van der Waals surface area contributed by atoms with E-state index in [0.717, 1.165) is 5.56 Å². The molecule has 0 amide bonds. The lowest BCUT2D eigenvalue weighted by Crippen LogP contribution is -2.05. The lowest BCUT2D eigenvalue weighted by atomic mass is 10.2. The van der Waals surface area contributed by atoms with Crippen LogP contribution >= 0.6 is 0 Å². The maximum atomic E-state index is 13.4. The van der Waals surface area contributed by atoms with Crippen LogP contribution in [0.5, 0.6) is 11.5 Å². The van der Waals surface area contributed by atoms with Crippen LogP contribution in [0.2, 0.25) is 0 Å². The van der Waals surface area contributed by atoms with Crippen molar-refractivity contribution in [3.63, 3.8) is 0 Å². The third-order valence-electron chi connectivity index (χ3n) is 2.34. The van der Waals surface area contributed by atoms with Gasteiger partial charge in [0, 0.05) is 18.7 Å². The van der Waals surface area contributed by atoms with Crippen LogP contribution < -0.4 is 10.1 Å². The van der Waals surface area contributed by atoms with E-state index in [1.807, 2.05) is 0 Å². The Hall–Kier alpha value is -1.94. The number of rotatable bonds is 4.